The molecule has 2 rings (SSSR count). The van der Waals surface area contributed by atoms with Crippen LogP contribution in [0.5, 0.6) is 11.5 Å². The molecular weight excluding hydrogens is 310 g/mol. The van der Waals surface area contributed by atoms with E-state index >= 15 is 0 Å². The van der Waals surface area contributed by atoms with Crippen LogP contribution in [0, 0.1) is 0 Å². The van der Waals surface area contributed by atoms with Gasteiger partial charge in [-0.1, -0.05) is 34.1 Å². The first-order valence-corrected chi connectivity index (χ1v) is 7.55. The summed E-state index contributed by atoms with van der Waals surface area (Å²) in [6.45, 7) is 0.516. The number of nitrogens with two attached hydrogens (primary N) is 1. The molecule has 0 unspecified atom stereocenters. The topological polar surface area (TPSA) is 35.2 Å². The van der Waals surface area contributed by atoms with Crippen molar-refractivity contribution >= 4 is 27.7 Å². The molecule has 0 aliphatic carbocycles. The van der Waals surface area contributed by atoms with Crippen LogP contribution >= 0.6 is 27.7 Å². The van der Waals surface area contributed by atoms with Gasteiger partial charge in [0.05, 0.1) is 0 Å². The fraction of sp³-hybridized carbons (Fsp3) is 0.143. The van der Waals surface area contributed by atoms with Crippen molar-refractivity contribution in [3.05, 3.63) is 52.5 Å². The number of hydrogen-bond donors (Lipinski definition) is 1. The predicted octanol–water partition coefficient (Wildman–Crippen LogP) is 4.42. The van der Waals surface area contributed by atoms with Gasteiger partial charge in [-0.05, 0) is 36.1 Å². The van der Waals surface area contributed by atoms with E-state index in [0.717, 1.165) is 26.4 Å². The largest absolute Gasteiger partial charge is 0.456 e. The Balaban J connectivity index is 2.26. The fourth-order valence-electron chi connectivity index (χ4n) is 1.59. The van der Waals surface area contributed by atoms with E-state index in [-0.39, 0.29) is 0 Å². The van der Waals surface area contributed by atoms with E-state index in [4.69, 9.17) is 10.5 Å². The number of ether oxygens (including phenoxy) is 1. The van der Waals surface area contributed by atoms with Crippen LogP contribution in [0.4, 0.5) is 0 Å². The lowest BCUT2D eigenvalue weighted by molar-refractivity contribution is 0.470. The first-order chi connectivity index (χ1) is 8.74. The lowest BCUT2D eigenvalue weighted by atomic mass is 10.2. The van der Waals surface area contributed by atoms with E-state index in [1.165, 1.54) is 0 Å². The Morgan fingerprint density at radius 3 is 2.67 bits per heavy atom. The number of hydrogen-bond acceptors (Lipinski definition) is 3. The van der Waals surface area contributed by atoms with Crippen molar-refractivity contribution in [2.45, 2.75) is 11.4 Å². The smallest absolute Gasteiger partial charge is 0.140 e. The zero-order chi connectivity index (χ0) is 13.0. The average molecular weight is 324 g/mol. The van der Waals surface area contributed by atoms with Crippen molar-refractivity contribution in [2.75, 3.05) is 6.26 Å². The van der Waals surface area contributed by atoms with E-state index in [2.05, 4.69) is 15.9 Å². The Labute approximate surface area is 120 Å². The Bertz CT molecular complexity index is 545. The molecule has 0 bridgehead atoms. The molecule has 94 valence electrons. The summed E-state index contributed by atoms with van der Waals surface area (Å²) in [5, 5.41) is 0. The van der Waals surface area contributed by atoms with E-state index in [1.54, 1.807) is 11.8 Å². The van der Waals surface area contributed by atoms with E-state index in [0.29, 0.717) is 6.54 Å². The second-order valence-corrected chi connectivity index (χ2v) is 5.41. The minimum Gasteiger partial charge on any atom is -0.456 e. The number of halogens is 1. The minimum absolute atomic E-state index is 0.516. The number of para-hydroxylation sites is 1. The van der Waals surface area contributed by atoms with Crippen LogP contribution in [0.15, 0.2) is 51.8 Å². The lowest BCUT2D eigenvalue weighted by Crippen LogP contribution is -1.97. The Hall–Kier alpha value is -0.970. The molecule has 0 aliphatic heterocycles. The maximum Gasteiger partial charge on any atom is 0.140 e. The summed E-state index contributed by atoms with van der Waals surface area (Å²) in [6.07, 6.45) is 2.04. The molecule has 0 aromatic heterocycles. The van der Waals surface area contributed by atoms with Crippen molar-refractivity contribution in [3.8, 4) is 11.5 Å². The van der Waals surface area contributed by atoms with E-state index in [1.807, 2.05) is 48.7 Å². The quantitative estimate of drug-likeness (QED) is 0.846. The highest BCUT2D eigenvalue weighted by atomic mass is 79.9. The summed E-state index contributed by atoms with van der Waals surface area (Å²) in [5.41, 5.74) is 6.69. The van der Waals surface area contributed by atoms with Crippen LogP contribution in [-0.2, 0) is 6.54 Å². The molecule has 2 N–H and O–H groups in total. The highest BCUT2D eigenvalue weighted by Gasteiger charge is 2.05. The van der Waals surface area contributed by atoms with Crippen LogP contribution < -0.4 is 10.5 Å². The highest BCUT2D eigenvalue weighted by Crippen LogP contribution is 2.32. The van der Waals surface area contributed by atoms with Gasteiger partial charge in [0, 0.05) is 15.9 Å². The van der Waals surface area contributed by atoms with Gasteiger partial charge in [0.1, 0.15) is 11.5 Å². The van der Waals surface area contributed by atoms with Gasteiger partial charge in [0.2, 0.25) is 0 Å². The molecule has 0 fully saturated rings. The third-order valence-electron chi connectivity index (χ3n) is 2.54. The molecule has 2 nitrogen and oxygen atoms in total. The SMILES string of the molecule is CSc1ccccc1Oc1ccc(CN)c(Br)c1. The van der Waals surface area contributed by atoms with Gasteiger partial charge in [-0.2, -0.15) is 0 Å². The van der Waals surface area contributed by atoms with Crippen molar-refractivity contribution in [3.63, 3.8) is 0 Å². The predicted molar refractivity (Wildman–Crippen MR) is 80.3 cm³/mol. The third kappa shape index (κ3) is 3.07. The maximum atomic E-state index is 5.89. The van der Waals surface area contributed by atoms with Gasteiger partial charge >= 0.3 is 0 Å². The highest BCUT2D eigenvalue weighted by molar-refractivity contribution is 9.10. The molecular formula is C14H14BrNOS. The summed E-state index contributed by atoms with van der Waals surface area (Å²) >= 11 is 5.16. The molecule has 0 amide bonds. The van der Waals surface area contributed by atoms with Crippen LogP contribution in [0.2, 0.25) is 0 Å². The second-order valence-electron chi connectivity index (χ2n) is 3.71. The maximum absolute atomic E-state index is 5.89. The zero-order valence-corrected chi connectivity index (χ0v) is 12.4. The van der Waals surface area contributed by atoms with Crippen molar-refractivity contribution in [1.82, 2.24) is 0 Å². The summed E-state index contributed by atoms with van der Waals surface area (Å²) in [4.78, 5) is 1.12. The van der Waals surface area contributed by atoms with Gasteiger partial charge in [0.15, 0.2) is 0 Å². The first kappa shape index (κ1) is 13.5. The molecule has 4 heteroatoms. The van der Waals surface area contributed by atoms with Gasteiger partial charge in [-0.3, -0.25) is 0 Å². The Morgan fingerprint density at radius 1 is 1.22 bits per heavy atom. The molecule has 0 heterocycles. The average Bonchev–Trinajstić information content (AvgIpc) is 2.39. The number of benzene rings is 2. The monoisotopic (exact) mass is 323 g/mol. The summed E-state index contributed by atoms with van der Waals surface area (Å²) in [6, 6.07) is 13.8. The third-order valence-corrected chi connectivity index (χ3v) is 4.06. The zero-order valence-electron chi connectivity index (χ0n) is 10.0. The van der Waals surface area contributed by atoms with E-state index in [9.17, 15) is 0 Å². The van der Waals surface area contributed by atoms with Crippen LogP contribution in [-0.4, -0.2) is 6.26 Å². The van der Waals surface area contributed by atoms with Gasteiger partial charge in [-0.15, -0.1) is 11.8 Å². The molecule has 0 spiro atoms. The van der Waals surface area contributed by atoms with Crippen LogP contribution in [0.25, 0.3) is 0 Å². The normalized spacial score (nSPS) is 10.4. The standard InChI is InChI=1S/C14H14BrNOS/c1-18-14-5-3-2-4-13(14)17-11-7-6-10(9-16)12(15)8-11/h2-8H,9,16H2,1H3. The number of thioether (sulfide) groups is 1. The van der Waals surface area contributed by atoms with Gasteiger partial charge in [-0.25, -0.2) is 0 Å². The van der Waals surface area contributed by atoms with Crippen molar-refractivity contribution < 1.29 is 4.74 Å². The van der Waals surface area contributed by atoms with Crippen molar-refractivity contribution in [2.24, 2.45) is 5.73 Å². The van der Waals surface area contributed by atoms with Crippen molar-refractivity contribution in [1.29, 1.82) is 0 Å². The fourth-order valence-corrected chi connectivity index (χ4v) is 2.63. The molecule has 2 aromatic rings. The number of rotatable bonds is 4. The summed E-state index contributed by atoms with van der Waals surface area (Å²) in [7, 11) is 0. The Morgan fingerprint density at radius 2 is 2.00 bits per heavy atom. The summed E-state index contributed by atoms with van der Waals surface area (Å²) in [5.74, 6) is 1.68. The molecule has 0 saturated carbocycles. The summed E-state index contributed by atoms with van der Waals surface area (Å²) < 4.78 is 6.87. The van der Waals surface area contributed by atoms with E-state index < -0.39 is 0 Å². The molecule has 0 radical (unpaired) electrons. The van der Waals surface area contributed by atoms with Gasteiger partial charge in [0.25, 0.3) is 0 Å². The van der Waals surface area contributed by atoms with Crippen LogP contribution in [0.1, 0.15) is 5.56 Å². The molecule has 0 aliphatic rings. The molecule has 0 saturated heterocycles. The lowest BCUT2D eigenvalue weighted by Gasteiger charge is -2.10. The first-order valence-electron chi connectivity index (χ1n) is 5.54. The molecule has 18 heavy (non-hydrogen) atoms. The van der Waals surface area contributed by atoms with Gasteiger partial charge < -0.3 is 10.5 Å². The molecule has 2 aromatic carbocycles. The minimum atomic E-state index is 0.516. The van der Waals surface area contributed by atoms with Crippen LogP contribution in [0.3, 0.4) is 0 Å². The Kier molecular flexibility index (Phi) is 4.69. The molecule has 0 atom stereocenters. The second kappa shape index (κ2) is 6.27.